The number of methoxy groups -OCH3 is 1. The van der Waals surface area contributed by atoms with Gasteiger partial charge < -0.3 is 10.1 Å². The zero-order valence-electron chi connectivity index (χ0n) is 15.2. The van der Waals surface area contributed by atoms with E-state index >= 15 is 0 Å². The van der Waals surface area contributed by atoms with Gasteiger partial charge in [0.25, 0.3) is 0 Å². The van der Waals surface area contributed by atoms with Crippen molar-refractivity contribution in [2.45, 2.75) is 10.6 Å². The Morgan fingerprint density at radius 3 is 2.63 bits per heavy atom. The minimum Gasteiger partial charge on any atom is -0.496 e. The molecule has 0 saturated heterocycles. The smallest absolute Gasteiger partial charge is 0.242 e. The van der Waals surface area contributed by atoms with Gasteiger partial charge in [0.1, 0.15) is 11.6 Å². The van der Waals surface area contributed by atoms with Crippen LogP contribution in [0.25, 0.3) is 0 Å². The molecule has 27 heavy (non-hydrogen) atoms. The highest BCUT2D eigenvalue weighted by atomic mass is 32.2. The zero-order chi connectivity index (χ0) is 20.0. The largest absolute Gasteiger partial charge is 0.496 e. The summed E-state index contributed by atoms with van der Waals surface area (Å²) in [5.41, 5.74) is 1.06. The van der Waals surface area contributed by atoms with Gasteiger partial charge in [-0.25, -0.2) is 17.1 Å². The van der Waals surface area contributed by atoms with Gasteiger partial charge >= 0.3 is 0 Å². The number of carbonyl (C=O) groups excluding carboxylic acids is 1. The molecule has 0 aliphatic carbocycles. The summed E-state index contributed by atoms with van der Waals surface area (Å²) in [6, 6.07) is 10.3. The topological polar surface area (TPSA) is 75.7 Å². The third kappa shape index (κ3) is 5.69. The van der Waals surface area contributed by atoms with E-state index in [-0.39, 0.29) is 22.4 Å². The van der Waals surface area contributed by atoms with Crippen LogP contribution in [0.1, 0.15) is 5.56 Å². The van der Waals surface area contributed by atoms with E-state index < -0.39 is 10.0 Å². The fourth-order valence-corrected chi connectivity index (χ4v) is 4.01. The van der Waals surface area contributed by atoms with Crippen molar-refractivity contribution >= 4 is 33.4 Å². The molecule has 0 heterocycles. The molecule has 0 unspecified atom stereocenters. The van der Waals surface area contributed by atoms with Crippen LogP contribution in [-0.4, -0.2) is 45.6 Å². The van der Waals surface area contributed by atoms with E-state index in [1.165, 1.54) is 57.2 Å². The molecule has 0 aromatic heterocycles. The number of halogens is 1. The van der Waals surface area contributed by atoms with Crippen molar-refractivity contribution in [1.29, 1.82) is 0 Å². The third-order valence-corrected chi connectivity index (χ3v) is 6.42. The quantitative estimate of drug-likeness (QED) is 0.722. The minimum absolute atomic E-state index is 0.0995. The van der Waals surface area contributed by atoms with Gasteiger partial charge in [-0.1, -0.05) is 6.07 Å². The number of hydrogen-bond donors (Lipinski definition) is 1. The van der Waals surface area contributed by atoms with Crippen molar-refractivity contribution in [3.05, 3.63) is 53.8 Å². The Morgan fingerprint density at radius 2 is 1.96 bits per heavy atom. The van der Waals surface area contributed by atoms with Crippen LogP contribution in [0.3, 0.4) is 0 Å². The van der Waals surface area contributed by atoms with Crippen LogP contribution in [0.2, 0.25) is 0 Å². The number of thioether (sulfide) groups is 1. The number of carbonyl (C=O) groups is 1. The molecular weight excluding hydrogens is 391 g/mol. The second-order valence-corrected chi connectivity index (χ2v) is 8.95. The molecular formula is C18H21FN2O4S2. The van der Waals surface area contributed by atoms with Gasteiger partial charge in [0.05, 0.1) is 17.8 Å². The van der Waals surface area contributed by atoms with Gasteiger partial charge in [-0.2, -0.15) is 0 Å². The number of hydrogen-bond acceptors (Lipinski definition) is 5. The summed E-state index contributed by atoms with van der Waals surface area (Å²) in [5, 5.41) is 2.67. The number of nitrogens with zero attached hydrogens (tertiary/aromatic N) is 1. The SMILES string of the molecule is COc1ccc(F)cc1CSCC(=O)Nc1cccc(S(=O)(=O)N(C)C)c1. The van der Waals surface area contributed by atoms with Crippen LogP contribution in [-0.2, 0) is 20.6 Å². The summed E-state index contributed by atoms with van der Waals surface area (Å²) in [6.45, 7) is 0. The molecule has 0 saturated carbocycles. The first-order valence-electron chi connectivity index (χ1n) is 7.96. The van der Waals surface area contributed by atoms with Crippen molar-refractivity contribution < 1.29 is 22.3 Å². The Labute approximate surface area is 162 Å². The lowest BCUT2D eigenvalue weighted by Gasteiger charge is -2.13. The standard InChI is InChI=1S/C18H21FN2O4S2/c1-21(2)27(23,24)16-6-4-5-15(10-16)20-18(22)12-26-11-13-9-14(19)7-8-17(13)25-3/h4-10H,11-12H2,1-3H3,(H,20,22). The van der Waals surface area contributed by atoms with Gasteiger partial charge in [-0.3, -0.25) is 4.79 Å². The average Bonchev–Trinajstić information content (AvgIpc) is 2.62. The van der Waals surface area contributed by atoms with E-state index in [4.69, 9.17) is 4.74 Å². The number of sulfonamides is 1. The predicted molar refractivity (Wildman–Crippen MR) is 105 cm³/mol. The number of ether oxygens (including phenoxy) is 1. The Hall–Kier alpha value is -2.10. The van der Waals surface area contributed by atoms with Crippen molar-refractivity contribution in [1.82, 2.24) is 4.31 Å². The molecule has 0 fully saturated rings. The highest BCUT2D eigenvalue weighted by molar-refractivity contribution is 7.99. The third-order valence-electron chi connectivity index (χ3n) is 3.63. The number of nitrogens with one attached hydrogen (secondary N) is 1. The van der Waals surface area contributed by atoms with Gasteiger partial charge in [0.2, 0.25) is 15.9 Å². The highest BCUT2D eigenvalue weighted by Gasteiger charge is 2.17. The molecule has 2 aromatic rings. The summed E-state index contributed by atoms with van der Waals surface area (Å²) >= 11 is 1.30. The van der Waals surface area contributed by atoms with E-state index in [0.717, 1.165) is 4.31 Å². The normalized spacial score (nSPS) is 11.4. The molecule has 2 aromatic carbocycles. The van der Waals surface area contributed by atoms with Crippen molar-refractivity contribution in [3.8, 4) is 5.75 Å². The monoisotopic (exact) mass is 412 g/mol. The highest BCUT2D eigenvalue weighted by Crippen LogP contribution is 2.24. The van der Waals surface area contributed by atoms with E-state index in [0.29, 0.717) is 22.8 Å². The van der Waals surface area contributed by atoms with Crippen LogP contribution in [0.5, 0.6) is 5.75 Å². The number of anilines is 1. The zero-order valence-corrected chi connectivity index (χ0v) is 16.9. The summed E-state index contributed by atoms with van der Waals surface area (Å²) in [5.74, 6) is 0.448. The van der Waals surface area contributed by atoms with Crippen LogP contribution >= 0.6 is 11.8 Å². The van der Waals surface area contributed by atoms with Gasteiger partial charge in [-0.05, 0) is 36.4 Å². The van der Waals surface area contributed by atoms with E-state index in [2.05, 4.69) is 5.32 Å². The second-order valence-electron chi connectivity index (χ2n) is 5.81. The average molecular weight is 413 g/mol. The molecule has 2 rings (SSSR count). The Balaban J connectivity index is 1.96. The second kappa shape index (κ2) is 9.20. The van der Waals surface area contributed by atoms with Crippen molar-refractivity contribution in [3.63, 3.8) is 0 Å². The summed E-state index contributed by atoms with van der Waals surface area (Å²) < 4.78 is 43.9. The minimum atomic E-state index is -3.57. The van der Waals surface area contributed by atoms with Crippen LogP contribution < -0.4 is 10.1 Å². The van der Waals surface area contributed by atoms with E-state index in [1.54, 1.807) is 18.2 Å². The van der Waals surface area contributed by atoms with Gasteiger partial charge in [0.15, 0.2) is 0 Å². The summed E-state index contributed by atoms with van der Waals surface area (Å²) in [4.78, 5) is 12.2. The van der Waals surface area contributed by atoms with E-state index in [9.17, 15) is 17.6 Å². The molecule has 146 valence electrons. The lowest BCUT2D eigenvalue weighted by atomic mass is 10.2. The van der Waals surface area contributed by atoms with Gasteiger partial charge in [-0.15, -0.1) is 11.8 Å². The Bertz CT molecular complexity index is 917. The molecule has 1 N–H and O–H groups in total. The summed E-state index contributed by atoms with van der Waals surface area (Å²) in [6.07, 6.45) is 0. The lowest BCUT2D eigenvalue weighted by molar-refractivity contribution is -0.113. The van der Waals surface area contributed by atoms with Crippen LogP contribution in [0.15, 0.2) is 47.4 Å². The molecule has 0 aliphatic rings. The molecule has 0 radical (unpaired) electrons. The Morgan fingerprint density at radius 1 is 1.22 bits per heavy atom. The first kappa shape index (κ1) is 21.2. The van der Waals surface area contributed by atoms with Gasteiger partial charge in [0, 0.05) is 31.1 Å². The maximum atomic E-state index is 13.4. The van der Waals surface area contributed by atoms with E-state index in [1.807, 2.05) is 0 Å². The Kier molecular flexibility index (Phi) is 7.23. The number of rotatable bonds is 8. The molecule has 9 heteroatoms. The molecule has 6 nitrogen and oxygen atoms in total. The predicted octanol–water partition coefficient (Wildman–Crippen LogP) is 2.96. The lowest BCUT2D eigenvalue weighted by Crippen LogP contribution is -2.22. The molecule has 0 bridgehead atoms. The maximum absolute atomic E-state index is 13.4. The van der Waals surface area contributed by atoms with Crippen molar-refractivity contribution in [2.75, 3.05) is 32.3 Å². The first-order chi connectivity index (χ1) is 12.7. The summed E-state index contributed by atoms with van der Waals surface area (Å²) in [7, 11) is 0.815. The van der Waals surface area contributed by atoms with Crippen molar-refractivity contribution in [2.24, 2.45) is 0 Å². The fraction of sp³-hybridized carbons (Fsp3) is 0.278. The number of amides is 1. The molecule has 0 spiro atoms. The van der Waals surface area contributed by atoms with Crippen LogP contribution in [0.4, 0.5) is 10.1 Å². The maximum Gasteiger partial charge on any atom is 0.242 e. The molecule has 0 atom stereocenters. The molecule has 1 amide bonds. The first-order valence-corrected chi connectivity index (χ1v) is 10.6. The fourth-order valence-electron chi connectivity index (χ4n) is 2.26. The van der Waals surface area contributed by atoms with Crippen LogP contribution in [0, 0.1) is 5.82 Å². The molecule has 0 aliphatic heterocycles. The number of benzene rings is 2.